The Hall–Kier alpha value is -1.88. The quantitative estimate of drug-likeness (QED) is 0.798. The van der Waals surface area contributed by atoms with E-state index in [1.165, 1.54) is 5.56 Å². The maximum Gasteiger partial charge on any atom is 0.311 e. The molecule has 1 aliphatic heterocycles. The van der Waals surface area contributed by atoms with Gasteiger partial charge in [-0.25, -0.2) is 0 Å². The van der Waals surface area contributed by atoms with E-state index in [0.29, 0.717) is 13.1 Å². The van der Waals surface area contributed by atoms with Crippen molar-refractivity contribution in [3.05, 3.63) is 35.4 Å². The molecule has 1 heterocycles. The summed E-state index contributed by atoms with van der Waals surface area (Å²) in [6.07, 6.45) is 0.881. The van der Waals surface area contributed by atoms with Gasteiger partial charge < -0.3 is 15.5 Å². The molecule has 0 bridgehead atoms. The van der Waals surface area contributed by atoms with E-state index in [2.05, 4.69) is 10.6 Å². The highest BCUT2D eigenvalue weighted by atomic mass is 16.2. The molecule has 114 valence electrons. The summed E-state index contributed by atoms with van der Waals surface area (Å²) in [6, 6.07) is 7.77. The van der Waals surface area contributed by atoms with Crippen molar-refractivity contribution < 1.29 is 9.59 Å². The Kier molecular flexibility index (Phi) is 5.33. The third-order valence-corrected chi connectivity index (χ3v) is 3.75. The van der Waals surface area contributed by atoms with Crippen molar-refractivity contribution in [1.29, 1.82) is 0 Å². The van der Waals surface area contributed by atoms with Gasteiger partial charge in [-0.2, -0.15) is 0 Å². The zero-order valence-electron chi connectivity index (χ0n) is 12.7. The largest absolute Gasteiger partial charge is 0.341 e. The number of nitrogens with one attached hydrogen (secondary N) is 2. The van der Waals surface area contributed by atoms with Crippen LogP contribution in [-0.4, -0.2) is 42.9 Å². The third-order valence-electron chi connectivity index (χ3n) is 3.75. The van der Waals surface area contributed by atoms with E-state index in [1.807, 2.05) is 38.1 Å². The zero-order valence-corrected chi connectivity index (χ0v) is 12.7. The van der Waals surface area contributed by atoms with Crippen LogP contribution in [0.1, 0.15) is 30.5 Å². The Bertz CT molecular complexity index is 491. The maximum absolute atomic E-state index is 12.2. The lowest BCUT2D eigenvalue weighted by molar-refractivity contribution is -0.146. The first-order valence-corrected chi connectivity index (χ1v) is 7.45. The van der Waals surface area contributed by atoms with Crippen molar-refractivity contribution in [2.45, 2.75) is 26.3 Å². The lowest BCUT2D eigenvalue weighted by Crippen LogP contribution is -2.45. The summed E-state index contributed by atoms with van der Waals surface area (Å²) < 4.78 is 0. The number of nitrogens with zero attached hydrogens (tertiary/aromatic N) is 1. The fourth-order valence-electron chi connectivity index (χ4n) is 2.39. The van der Waals surface area contributed by atoms with Crippen molar-refractivity contribution in [2.75, 3.05) is 26.2 Å². The molecule has 1 unspecified atom stereocenters. The monoisotopic (exact) mass is 289 g/mol. The lowest BCUT2D eigenvalue weighted by atomic mass is 10.1. The van der Waals surface area contributed by atoms with Crippen LogP contribution in [0.15, 0.2) is 24.3 Å². The first kappa shape index (κ1) is 15.5. The number of hydrogen-bond donors (Lipinski definition) is 2. The average Bonchev–Trinajstić information content (AvgIpc) is 2.76. The zero-order chi connectivity index (χ0) is 15.2. The van der Waals surface area contributed by atoms with Crippen LogP contribution >= 0.6 is 0 Å². The number of benzene rings is 1. The molecule has 1 aliphatic rings. The fraction of sp³-hybridized carbons (Fsp3) is 0.500. The van der Waals surface area contributed by atoms with Gasteiger partial charge in [-0.1, -0.05) is 29.8 Å². The van der Waals surface area contributed by atoms with Crippen molar-refractivity contribution in [1.82, 2.24) is 15.5 Å². The molecule has 0 saturated carbocycles. The first-order chi connectivity index (χ1) is 10.1. The Labute approximate surface area is 125 Å². The van der Waals surface area contributed by atoms with Gasteiger partial charge in [0.25, 0.3) is 0 Å². The van der Waals surface area contributed by atoms with Gasteiger partial charge in [-0.15, -0.1) is 0 Å². The molecule has 1 atom stereocenters. The second kappa shape index (κ2) is 7.22. The minimum atomic E-state index is -0.523. The second-order valence-corrected chi connectivity index (χ2v) is 5.50. The van der Waals surface area contributed by atoms with E-state index >= 15 is 0 Å². The van der Waals surface area contributed by atoms with Crippen LogP contribution in [0.3, 0.4) is 0 Å². The van der Waals surface area contributed by atoms with Crippen molar-refractivity contribution in [2.24, 2.45) is 0 Å². The number of hydrogen-bond acceptors (Lipinski definition) is 3. The summed E-state index contributed by atoms with van der Waals surface area (Å²) in [5.41, 5.74) is 2.17. The van der Waals surface area contributed by atoms with E-state index < -0.39 is 11.8 Å². The smallest absolute Gasteiger partial charge is 0.311 e. The van der Waals surface area contributed by atoms with Crippen molar-refractivity contribution in [3.8, 4) is 0 Å². The van der Waals surface area contributed by atoms with Crippen LogP contribution in [0, 0.1) is 6.92 Å². The molecule has 1 fully saturated rings. The van der Waals surface area contributed by atoms with Gasteiger partial charge in [0, 0.05) is 19.6 Å². The van der Waals surface area contributed by atoms with Gasteiger partial charge in [0.05, 0.1) is 6.04 Å². The highest BCUT2D eigenvalue weighted by Gasteiger charge is 2.23. The van der Waals surface area contributed by atoms with Crippen molar-refractivity contribution in [3.63, 3.8) is 0 Å². The SMILES string of the molecule is Cc1ccc(C(C)NC(=O)C(=O)N2CCCNCC2)cc1. The lowest BCUT2D eigenvalue weighted by Gasteiger charge is -2.21. The Morgan fingerprint density at radius 3 is 2.62 bits per heavy atom. The van der Waals surface area contributed by atoms with Crippen LogP contribution < -0.4 is 10.6 Å². The maximum atomic E-state index is 12.2. The van der Waals surface area contributed by atoms with Gasteiger partial charge in [0.1, 0.15) is 0 Å². The highest BCUT2D eigenvalue weighted by molar-refractivity contribution is 6.35. The van der Waals surface area contributed by atoms with Gasteiger partial charge in [-0.3, -0.25) is 9.59 Å². The molecule has 2 rings (SSSR count). The number of rotatable bonds is 2. The summed E-state index contributed by atoms with van der Waals surface area (Å²) in [5, 5.41) is 6.00. The third kappa shape index (κ3) is 4.29. The van der Waals surface area contributed by atoms with E-state index in [4.69, 9.17) is 0 Å². The average molecular weight is 289 g/mol. The molecule has 1 aromatic rings. The van der Waals surface area contributed by atoms with Crippen LogP contribution in [0.5, 0.6) is 0 Å². The molecule has 0 aliphatic carbocycles. The van der Waals surface area contributed by atoms with Gasteiger partial charge in [0.15, 0.2) is 0 Å². The molecule has 21 heavy (non-hydrogen) atoms. The molecule has 0 aromatic heterocycles. The minimum Gasteiger partial charge on any atom is -0.341 e. The normalized spacial score (nSPS) is 17.0. The van der Waals surface area contributed by atoms with Gasteiger partial charge >= 0.3 is 11.8 Å². The Morgan fingerprint density at radius 2 is 1.90 bits per heavy atom. The van der Waals surface area contributed by atoms with E-state index in [0.717, 1.165) is 25.1 Å². The van der Waals surface area contributed by atoms with Crippen LogP contribution in [-0.2, 0) is 9.59 Å². The number of carbonyl (C=O) groups excluding carboxylic acids is 2. The number of aryl methyl sites for hydroxylation is 1. The molecule has 0 spiro atoms. The molecular formula is C16H23N3O2. The first-order valence-electron chi connectivity index (χ1n) is 7.45. The highest BCUT2D eigenvalue weighted by Crippen LogP contribution is 2.13. The molecule has 2 N–H and O–H groups in total. The molecule has 5 nitrogen and oxygen atoms in total. The van der Waals surface area contributed by atoms with Crippen LogP contribution in [0.2, 0.25) is 0 Å². The molecule has 1 aromatic carbocycles. The Balaban J connectivity index is 1.93. The van der Waals surface area contributed by atoms with E-state index in [1.54, 1.807) is 4.90 Å². The summed E-state index contributed by atoms with van der Waals surface area (Å²) in [6.45, 7) is 6.77. The number of amides is 2. The van der Waals surface area contributed by atoms with Crippen LogP contribution in [0.4, 0.5) is 0 Å². The minimum absolute atomic E-state index is 0.174. The summed E-state index contributed by atoms with van der Waals surface area (Å²) >= 11 is 0. The standard InChI is InChI=1S/C16H23N3O2/c1-12-4-6-14(7-5-12)13(2)18-15(20)16(21)19-10-3-8-17-9-11-19/h4-7,13,17H,3,8-11H2,1-2H3,(H,18,20). The van der Waals surface area contributed by atoms with E-state index in [9.17, 15) is 9.59 Å². The Morgan fingerprint density at radius 1 is 1.19 bits per heavy atom. The van der Waals surface area contributed by atoms with E-state index in [-0.39, 0.29) is 6.04 Å². The molecule has 1 saturated heterocycles. The molecule has 5 heteroatoms. The molecule has 2 amide bonds. The summed E-state index contributed by atoms with van der Waals surface area (Å²) in [4.78, 5) is 25.9. The van der Waals surface area contributed by atoms with Gasteiger partial charge in [0.2, 0.25) is 0 Å². The number of carbonyl (C=O) groups is 2. The summed E-state index contributed by atoms with van der Waals surface area (Å²) in [7, 11) is 0. The van der Waals surface area contributed by atoms with Crippen molar-refractivity contribution >= 4 is 11.8 Å². The van der Waals surface area contributed by atoms with Crippen LogP contribution in [0.25, 0.3) is 0 Å². The predicted molar refractivity (Wildman–Crippen MR) is 81.8 cm³/mol. The van der Waals surface area contributed by atoms with Gasteiger partial charge in [-0.05, 0) is 32.4 Å². The second-order valence-electron chi connectivity index (χ2n) is 5.50. The molecular weight excluding hydrogens is 266 g/mol. The topological polar surface area (TPSA) is 61.4 Å². The predicted octanol–water partition coefficient (Wildman–Crippen LogP) is 0.994. The fourth-order valence-corrected chi connectivity index (χ4v) is 2.39. The summed E-state index contributed by atoms with van der Waals surface area (Å²) in [5.74, 6) is -0.956. The molecule has 0 radical (unpaired) electrons.